The van der Waals surface area contributed by atoms with Crippen molar-refractivity contribution >= 4 is 22.9 Å². The van der Waals surface area contributed by atoms with E-state index in [2.05, 4.69) is 55.6 Å². The lowest BCUT2D eigenvalue weighted by molar-refractivity contribution is 0.475. The van der Waals surface area contributed by atoms with Gasteiger partial charge in [0.05, 0.1) is 0 Å². The van der Waals surface area contributed by atoms with Crippen molar-refractivity contribution in [1.29, 1.82) is 0 Å². The molecule has 21 heavy (non-hydrogen) atoms. The predicted molar refractivity (Wildman–Crippen MR) is 92.2 cm³/mol. The largest absolute Gasteiger partial charge is 0.508 e. The van der Waals surface area contributed by atoms with Crippen LogP contribution in [-0.2, 0) is 0 Å². The number of hydrogen-bond acceptors (Lipinski definition) is 1. The van der Waals surface area contributed by atoms with Gasteiger partial charge in [0.1, 0.15) is 5.75 Å². The molecule has 104 valence electrons. The third-order valence-corrected chi connectivity index (χ3v) is 3.17. The molecular weight excluding hydrogens is 256 g/mol. The SMILES string of the molecule is C=Cc1ccc(O)cc1.C=Cc1cccc2ccccc12. The number of fused-ring (bicyclic) bond motifs is 1. The molecule has 0 heterocycles. The maximum Gasteiger partial charge on any atom is 0.115 e. The normalized spacial score (nSPS) is 9.52. The molecule has 0 aliphatic heterocycles. The van der Waals surface area contributed by atoms with E-state index in [1.807, 2.05) is 18.2 Å². The molecule has 0 amide bonds. The third kappa shape index (κ3) is 3.83. The van der Waals surface area contributed by atoms with Gasteiger partial charge >= 0.3 is 0 Å². The highest BCUT2D eigenvalue weighted by molar-refractivity contribution is 5.90. The van der Waals surface area contributed by atoms with Crippen LogP contribution in [0, 0.1) is 0 Å². The Morgan fingerprint density at radius 3 is 2.05 bits per heavy atom. The van der Waals surface area contributed by atoms with Crippen molar-refractivity contribution in [1.82, 2.24) is 0 Å². The van der Waals surface area contributed by atoms with Gasteiger partial charge in [-0.05, 0) is 34.0 Å². The van der Waals surface area contributed by atoms with Gasteiger partial charge in [-0.2, -0.15) is 0 Å². The maximum absolute atomic E-state index is 8.82. The van der Waals surface area contributed by atoms with Crippen LogP contribution in [0.3, 0.4) is 0 Å². The van der Waals surface area contributed by atoms with Gasteiger partial charge in [0, 0.05) is 0 Å². The van der Waals surface area contributed by atoms with E-state index in [1.54, 1.807) is 18.2 Å². The van der Waals surface area contributed by atoms with Crippen molar-refractivity contribution in [2.75, 3.05) is 0 Å². The zero-order valence-electron chi connectivity index (χ0n) is 11.9. The second-order valence-electron chi connectivity index (χ2n) is 4.57. The van der Waals surface area contributed by atoms with Crippen molar-refractivity contribution in [3.8, 4) is 5.75 Å². The predicted octanol–water partition coefficient (Wildman–Crippen LogP) is 5.52. The number of phenols is 1. The van der Waals surface area contributed by atoms with Crippen LogP contribution in [0.1, 0.15) is 11.1 Å². The van der Waals surface area contributed by atoms with Gasteiger partial charge in [0.2, 0.25) is 0 Å². The van der Waals surface area contributed by atoms with Crippen molar-refractivity contribution in [3.63, 3.8) is 0 Å². The molecule has 0 radical (unpaired) electrons. The first-order valence-electron chi connectivity index (χ1n) is 6.76. The van der Waals surface area contributed by atoms with Gasteiger partial charge in [-0.25, -0.2) is 0 Å². The molecule has 0 atom stereocenters. The van der Waals surface area contributed by atoms with Gasteiger partial charge < -0.3 is 5.11 Å². The topological polar surface area (TPSA) is 20.2 Å². The first-order valence-corrected chi connectivity index (χ1v) is 6.76. The highest BCUT2D eigenvalue weighted by Crippen LogP contribution is 2.18. The fourth-order valence-corrected chi connectivity index (χ4v) is 2.04. The van der Waals surface area contributed by atoms with Crippen LogP contribution in [0.15, 0.2) is 79.9 Å². The number of hydrogen-bond donors (Lipinski definition) is 1. The molecule has 0 fully saturated rings. The molecular formula is C20H18O. The fourth-order valence-electron chi connectivity index (χ4n) is 2.04. The minimum atomic E-state index is 0.292. The highest BCUT2D eigenvalue weighted by Gasteiger charge is 1.93. The Morgan fingerprint density at radius 2 is 1.38 bits per heavy atom. The summed E-state index contributed by atoms with van der Waals surface area (Å²) in [5.74, 6) is 0.292. The summed E-state index contributed by atoms with van der Waals surface area (Å²) >= 11 is 0. The fraction of sp³-hybridized carbons (Fsp3) is 0. The Labute approximate surface area is 125 Å². The lowest BCUT2D eigenvalue weighted by atomic mass is 10.1. The monoisotopic (exact) mass is 274 g/mol. The molecule has 0 aromatic heterocycles. The molecule has 3 rings (SSSR count). The Hall–Kier alpha value is -2.80. The molecule has 0 aliphatic carbocycles. The highest BCUT2D eigenvalue weighted by atomic mass is 16.3. The standard InChI is InChI=1S/C12H10.C8H8O/c1-2-10-7-5-8-11-6-3-4-9-12(10)11;1-2-7-3-5-8(9)6-4-7/h2-9H,1H2;2-6,9H,1H2. The molecule has 0 spiro atoms. The second kappa shape index (κ2) is 7.11. The van der Waals surface area contributed by atoms with Crippen LogP contribution < -0.4 is 0 Å². The molecule has 1 nitrogen and oxygen atoms in total. The van der Waals surface area contributed by atoms with Crippen LogP contribution in [0.2, 0.25) is 0 Å². The average Bonchev–Trinajstić information content (AvgIpc) is 2.55. The summed E-state index contributed by atoms with van der Waals surface area (Å²) in [7, 11) is 0. The second-order valence-corrected chi connectivity index (χ2v) is 4.57. The van der Waals surface area contributed by atoms with Crippen molar-refractivity contribution < 1.29 is 5.11 Å². The molecule has 1 heteroatoms. The van der Waals surface area contributed by atoms with Crippen LogP contribution in [-0.4, -0.2) is 5.11 Å². The molecule has 0 bridgehead atoms. The third-order valence-electron chi connectivity index (χ3n) is 3.17. The van der Waals surface area contributed by atoms with Crippen LogP contribution in [0.25, 0.3) is 22.9 Å². The van der Waals surface area contributed by atoms with Crippen molar-refractivity contribution in [2.24, 2.45) is 0 Å². The van der Waals surface area contributed by atoms with Gasteiger partial charge in [-0.1, -0.05) is 79.9 Å². The van der Waals surface area contributed by atoms with E-state index < -0.39 is 0 Å². The molecule has 0 aliphatic rings. The quantitative estimate of drug-likeness (QED) is 0.652. The van der Waals surface area contributed by atoms with E-state index in [1.165, 1.54) is 16.3 Å². The zero-order valence-corrected chi connectivity index (χ0v) is 11.9. The van der Waals surface area contributed by atoms with Gasteiger partial charge in [0.15, 0.2) is 0 Å². The first-order chi connectivity index (χ1) is 10.2. The number of rotatable bonds is 2. The van der Waals surface area contributed by atoms with E-state index in [4.69, 9.17) is 5.11 Å². The number of benzene rings is 3. The van der Waals surface area contributed by atoms with E-state index in [9.17, 15) is 0 Å². The smallest absolute Gasteiger partial charge is 0.115 e. The summed E-state index contributed by atoms with van der Waals surface area (Å²) in [5.41, 5.74) is 2.22. The van der Waals surface area contributed by atoms with E-state index in [-0.39, 0.29) is 0 Å². The summed E-state index contributed by atoms with van der Waals surface area (Å²) < 4.78 is 0. The van der Waals surface area contributed by atoms with Crippen molar-refractivity contribution in [2.45, 2.75) is 0 Å². The summed E-state index contributed by atoms with van der Waals surface area (Å²) in [6.45, 7) is 7.36. The van der Waals surface area contributed by atoms with Crippen molar-refractivity contribution in [3.05, 3.63) is 91.0 Å². The molecule has 0 unspecified atom stereocenters. The first kappa shape index (κ1) is 14.6. The molecule has 0 saturated heterocycles. The summed E-state index contributed by atoms with van der Waals surface area (Å²) in [6, 6.07) is 21.5. The van der Waals surface area contributed by atoms with E-state index >= 15 is 0 Å². The summed E-state index contributed by atoms with van der Waals surface area (Å²) in [6.07, 6.45) is 3.63. The summed E-state index contributed by atoms with van der Waals surface area (Å²) in [4.78, 5) is 0. The maximum atomic E-state index is 8.82. The van der Waals surface area contributed by atoms with Crippen LogP contribution in [0.5, 0.6) is 5.75 Å². The van der Waals surface area contributed by atoms with Crippen LogP contribution in [0.4, 0.5) is 0 Å². The van der Waals surface area contributed by atoms with E-state index in [0.29, 0.717) is 5.75 Å². The van der Waals surface area contributed by atoms with Crippen LogP contribution >= 0.6 is 0 Å². The van der Waals surface area contributed by atoms with Gasteiger partial charge in [-0.3, -0.25) is 0 Å². The lowest BCUT2D eigenvalue weighted by Gasteiger charge is -1.99. The Kier molecular flexibility index (Phi) is 4.94. The van der Waals surface area contributed by atoms with E-state index in [0.717, 1.165) is 5.56 Å². The molecule has 1 N–H and O–H groups in total. The Morgan fingerprint density at radius 1 is 0.714 bits per heavy atom. The minimum absolute atomic E-state index is 0.292. The molecule has 3 aromatic carbocycles. The zero-order chi connectivity index (χ0) is 15.1. The Balaban J connectivity index is 0.000000161. The Bertz CT molecular complexity index is 734. The average molecular weight is 274 g/mol. The number of aromatic hydroxyl groups is 1. The lowest BCUT2D eigenvalue weighted by Crippen LogP contribution is -1.75. The molecule has 3 aromatic rings. The summed E-state index contributed by atoms with van der Waals surface area (Å²) in [5, 5.41) is 11.4. The number of phenolic OH excluding ortho intramolecular Hbond substituents is 1. The van der Waals surface area contributed by atoms with Gasteiger partial charge in [0.25, 0.3) is 0 Å². The molecule has 0 saturated carbocycles. The minimum Gasteiger partial charge on any atom is -0.508 e. The van der Waals surface area contributed by atoms with Gasteiger partial charge in [-0.15, -0.1) is 0 Å².